The topological polar surface area (TPSA) is 15.3 Å². The van der Waals surface area contributed by atoms with Crippen LogP contribution in [0, 0.1) is 0 Å². The van der Waals surface area contributed by atoms with Crippen molar-refractivity contribution in [3.8, 4) is 0 Å². The van der Waals surface area contributed by atoms with Gasteiger partial charge in [0.15, 0.2) is 0 Å². The molecule has 0 fully saturated rings. The molecule has 0 aromatic carbocycles. The number of hydrogen-bond donors (Lipinski definition) is 1. The maximum Gasteiger partial charge on any atom is 0.0107 e. The largest absolute Gasteiger partial charge is 0.313 e. The summed E-state index contributed by atoms with van der Waals surface area (Å²) in [5.41, 5.74) is 0. The van der Waals surface area contributed by atoms with Crippen molar-refractivity contribution in [2.45, 2.75) is 78.7 Å². The Hall–Kier alpha value is -0.0800. The molecule has 0 unspecified atom stereocenters. The highest BCUT2D eigenvalue weighted by Gasteiger charge is 2.04. The van der Waals surface area contributed by atoms with E-state index in [1.54, 1.807) is 0 Å². The molecule has 0 saturated heterocycles. The van der Waals surface area contributed by atoms with Crippen molar-refractivity contribution in [2.75, 3.05) is 26.2 Å². The third kappa shape index (κ3) is 11.0. The van der Waals surface area contributed by atoms with Gasteiger partial charge in [0.1, 0.15) is 0 Å². The van der Waals surface area contributed by atoms with Crippen LogP contribution in [-0.4, -0.2) is 37.1 Å². The van der Waals surface area contributed by atoms with E-state index >= 15 is 0 Å². The van der Waals surface area contributed by atoms with Crippen molar-refractivity contribution in [3.63, 3.8) is 0 Å². The summed E-state index contributed by atoms with van der Waals surface area (Å²) >= 11 is 0. The van der Waals surface area contributed by atoms with Crippen LogP contribution in [0.15, 0.2) is 0 Å². The number of nitrogens with one attached hydrogen (secondary N) is 1. The van der Waals surface area contributed by atoms with Crippen LogP contribution >= 0.6 is 0 Å². The first kappa shape index (κ1) is 17.9. The lowest BCUT2D eigenvalue weighted by Gasteiger charge is -2.22. The van der Waals surface area contributed by atoms with Crippen LogP contribution in [0.3, 0.4) is 0 Å². The molecule has 110 valence electrons. The first-order valence-corrected chi connectivity index (χ1v) is 8.20. The predicted octanol–water partition coefficient (Wildman–Crippen LogP) is 4.06. The highest BCUT2D eigenvalue weighted by atomic mass is 15.1. The van der Waals surface area contributed by atoms with Crippen LogP contribution in [0.5, 0.6) is 0 Å². The molecule has 0 bridgehead atoms. The van der Waals surface area contributed by atoms with E-state index in [0.29, 0.717) is 6.04 Å². The SMILES string of the molecule is CCCCC[C@H](C)NCCN(CC)CCCCC. The summed E-state index contributed by atoms with van der Waals surface area (Å²) in [5.74, 6) is 0. The molecule has 0 heterocycles. The Kier molecular flexibility index (Phi) is 13.3. The summed E-state index contributed by atoms with van der Waals surface area (Å²) in [6.45, 7) is 14.0. The Morgan fingerprint density at radius 1 is 0.889 bits per heavy atom. The van der Waals surface area contributed by atoms with Gasteiger partial charge in [0.05, 0.1) is 0 Å². The summed E-state index contributed by atoms with van der Waals surface area (Å²) < 4.78 is 0. The zero-order chi connectivity index (χ0) is 13.6. The van der Waals surface area contributed by atoms with Gasteiger partial charge < -0.3 is 10.2 Å². The zero-order valence-electron chi connectivity index (χ0n) is 13.3. The van der Waals surface area contributed by atoms with Crippen LogP contribution < -0.4 is 5.32 Å². The Balaban J connectivity index is 3.47. The number of hydrogen-bond acceptors (Lipinski definition) is 2. The fourth-order valence-electron chi connectivity index (χ4n) is 2.29. The van der Waals surface area contributed by atoms with Gasteiger partial charge in [-0.15, -0.1) is 0 Å². The molecule has 0 aromatic rings. The molecule has 0 radical (unpaired) electrons. The molecular formula is C16H36N2. The second-order valence-electron chi connectivity index (χ2n) is 5.49. The fourth-order valence-corrected chi connectivity index (χ4v) is 2.29. The second kappa shape index (κ2) is 13.4. The number of rotatable bonds is 13. The molecule has 0 amide bonds. The van der Waals surface area contributed by atoms with Gasteiger partial charge in [-0.3, -0.25) is 0 Å². The maximum absolute atomic E-state index is 3.66. The van der Waals surface area contributed by atoms with E-state index in [-0.39, 0.29) is 0 Å². The van der Waals surface area contributed by atoms with Crippen LogP contribution in [0.4, 0.5) is 0 Å². The average molecular weight is 256 g/mol. The van der Waals surface area contributed by atoms with Gasteiger partial charge in [-0.25, -0.2) is 0 Å². The molecule has 2 heteroatoms. The normalized spacial score (nSPS) is 13.2. The smallest absolute Gasteiger partial charge is 0.0107 e. The standard InChI is InChI=1S/C16H36N2/c1-5-8-10-12-16(4)17-13-15-18(7-3)14-11-9-6-2/h16-17H,5-15H2,1-4H3/t16-/m0/s1. The molecular weight excluding hydrogens is 220 g/mol. The lowest BCUT2D eigenvalue weighted by atomic mass is 10.1. The van der Waals surface area contributed by atoms with Crippen LogP contribution in [0.2, 0.25) is 0 Å². The van der Waals surface area contributed by atoms with E-state index < -0.39 is 0 Å². The van der Waals surface area contributed by atoms with Crippen molar-refractivity contribution < 1.29 is 0 Å². The molecule has 0 aliphatic rings. The van der Waals surface area contributed by atoms with E-state index in [1.165, 1.54) is 64.6 Å². The minimum atomic E-state index is 0.686. The Bertz CT molecular complexity index is 159. The number of nitrogens with zero attached hydrogens (tertiary/aromatic N) is 1. The van der Waals surface area contributed by atoms with Gasteiger partial charge >= 0.3 is 0 Å². The third-order valence-corrected chi connectivity index (χ3v) is 3.69. The van der Waals surface area contributed by atoms with Crippen LogP contribution in [0.25, 0.3) is 0 Å². The van der Waals surface area contributed by atoms with Crippen molar-refractivity contribution in [2.24, 2.45) is 0 Å². The zero-order valence-corrected chi connectivity index (χ0v) is 13.3. The van der Waals surface area contributed by atoms with Crippen molar-refractivity contribution in [1.29, 1.82) is 0 Å². The molecule has 0 aliphatic carbocycles. The maximum atomic E-state index is 3.66. The molecule has 18 heavy (non-hydrogen) atoms. The van der Waals surface area contributed by atoms with Crippen LogP contribution in [0.1, 0.15) is 72.6 Å². The fraction of sp³-hybridized carbons (Fsp3) is 1.00. The summed E-state index contributed by atoms with van der Waals surface area (Å²) in [6.07, 6.45) is 9.46. The van der Waals surface area contributed by atoms with E-state index in [4.69, 9.17) is 0 Å². The Labute approximate surface area is 116 Å². The Morgan fingerprint density at radius 2 is 1.56 bits per heavy atom. The molecule has 0 spiro atoms. The van der Waals surface area contributed by atoms with Crippen molar-refractivity contribution in [3.05, 3.63) is 0 Å². The minimum absolute atomic E-state index is 0.686. The van der Waals surface area contributed by atoms with Gasteiger partial charge in [0.2, 0.25) is 0 Å². The quantitative estimate of drug-likeness (QED) is 0.500. The number of unbranched alkanes of at least 4 members (excludes halogenated alkanes) is 4. The van der Waals surface area contributed by atoms with Gasteiger partial charge in [0.25, 0.3) is 0 Å². The molecule has 0 rings (SSSR count). The van der Waals surface area contributed by atoms with Gasteiger partial charge in [-0.05, 0) is 32.9 Å². The van der Waals surface area contributed by atoms with Gasteiger partial charge in [0, 0.05) is 19.1 Å². The van der Waals surface area contributed by atoms with Gasteiger partial charge in [-0.1, -0.05) is 52.9 Å². The van der Waals surface area contributed by atoms with Crippen molar-refractivity contribution in [1.82, 2.24) is 10.2 Å². The first-order valence-electron chi connectivity index (χ1n) is 8.20. The summed E-state index contributed by atoms with van der Waals surface area (Å²) in [7, 11) is 0. The molecule has 1 atom stereocenters. The van der Waals surface area contributed by atoms with Crippen molar-refractivity contribution >= 4 is 0 Å². The summed E-state index contributed by atoms with van der Waals surface area (Å²) in [4.78, 5) is 2.57. The molecule has 1 N–H and O–H groups in total. The predicted molar refractivity (Wildman–Crippen MR) is 83.2 cm³/mol. The minimum Gasteiger partial charge on any atom is -0.313 e. The molecule has 0 aliphatic heterocycles. The first-order chi connectivity index (χ1) is 8.74. The lowest BCUT2D eigenvalue weighted by Crippen LogP contribution is -2.36. The van der Waals surface area contributed by atoms with E-state index in [9.17, 15) is 0 Å². The Morgan fingerprint density at radius 3 is 2.17 bits per heavy atom. The van der Waals surface area contributed by atoms with E-state index in [0.717, 1.165) is 6.54 Å². The van der Waals surface area contributed by atoms with E-state index in [1.807, 2.05) is 0 Å². The second-order valence-corrected chi connectivity index (χ2v) is 5.49. The average Bonchev–Trinajstić information content (AvgIpc) is 2.37. The molecule has 0 saturated carbocycles. The molecule has 0 aromatic heterocycles. The molecule has 2 nitrogen and oxygen atoms in total. The number of likely N-dealkylation sites (N-methyl/N-ethyl adjacent to an activating group) is 1. The summed E-state index contributed by atoms with van der Waals surface area (Å²) in [6, 6.07) is 0.686. The lowest BCUT2D eigenvalue weighted by molar-refractivity contribution is 0.275. The van der Waals surface area contributed by atoms with E-state index in [2.05, 4.69) is 37.9 Å². The third-order valence-electron chi connectivity index (χ3n) is 3.69. The highest BCUT2D eigenvalue weighted by Crippen LogP contribution is 2.02. The summed E-state index contributed by atoms with van der Waals surface area (Å²) in [5, 5.41) is 3.66. The van der Waals surface area contributed by atoms with Crippen LogP contribution in [-0.2, 0) is 0 Å². The monoisotopic (exact) mass is 256 g/mol. The highest BCUT2D eigenvalue weighted by molar-refractivity contribution is 4.64. The van der Waals surface area contributed by atoms with Gasteiger partial charge in [-0.2, -0.15) is 0 Å².